The Hall–Kier alpha value is -3.71. The second kappa shape index (κ2) is 12.9. The predicted molar refractivity (Wildman–Crippen MR) is 157 cm³/mol. The minimum atomic E-state index is -4.49. The topological polar surface area (TPSA) is 9.23 Å². The lowest BCUT2D eigenvalue weighted by Crippen LogP contribution is -2.25. The van der Waals surface area contributed by atoms with Gasteiger partial charge in [0.15, 0.2) is 0 Å². The Balaban J connectivity index is 1.32. The molecule has 0 spiro atoms. The van der Waals surface area contributed by atoms with Gasteiger partial charge >= 0.3 is 6.11 Å². The molecule has 0 saturated heterocycles. The molecule has 0 aliphatic heterocycles. The van der Waals surface area contributed by atoms with E-state index >= 15 is 4.39 Å². The van der Waals surface area contributed by atoms with Gasteiger partial charge in [0, 0.05) is 11.6 Å². The largest absolute Gasteiger partial charge is 0.432 e. The van der Waals surface area contributed by atoms with Gasteiger partial charge in [-0.2, -0.15) is 8.78 Å². The third-order valence-electron chi connectivity index (χ3n) is 7.88. The van der Waals surface area contributed by atoms with Gasteiger partial charge in [-0.05, 0) is 96.5 Å². The summed E-state index contributed by atoms with van der Waals surface area (Å²) in [6.45, 7) is 2.14. The lowest BCUT2D eigenvalue weighted by molar-refractivity contribution is -0.189. The number of hydrogen-bond donors (Lipinski definition) is 0. The molecule has 0 unspecified atom stereocenters. The van der Waals surface area contributed by atoms with Crippen LogP contribution in [-0.4, -0.2) is 0 Å². The molecular formula is C35H29ClF6O. The average Bonchev–Trinajstić information content (AvgIpc) is 2.97. The smallest absolute Gasteiger partial charge is 0.429 e. The highest BCUT2D eigenvalue weighted by Gasteiger charge is 2.41. The van der Waals surface area contributed by atoms with E-state index in [-0.39, 0.29) is 16.1 Å². The molecule has 0 amide bonds. The van der Waals surface area contributed by atoms with Crippen molar-refractivity contribution in [3.05, 3.63) is 124 Å². The highest BCUT2D eigenvalue weighted by Crippen LogP contribution is 2.39. The molecule has 1 fully saturated rings. The van der Waals surface area contributed by atoms with Crippen molar-refractivity contribution < 1.29 is 31.1 Å². The van der Waals surface area contributed by atoms with E-state index in [0.29, 0.717) is 35.6 Å². The fourth-order valence-electron chi connectivity index (χ4n) is 5.60. The fourth-order valence-corrected chi connectivity index (χ4v) is 5.71. The van der Waals surface area contributed by atoms with E-state index in [1.807, 2.05) is 12.1 Å². The molecule has 224 valence electrons. The molecule has 0 atom stereocenters. The second-order valence-electron chi connectivity index (χ2n) is 10.8. The summed E-state index contributed by atoms with van der Waals surface area (Å²) in [5.74, 6) is -4.67. The van der Waals surface area contributed by atoms with Gasteiger partial charge in [0.05, 0.1) is 5.02 Å². The van der Waals surface area contributed by atoms with Crippen molar-refractivity contribution in [3.63, 3.8) is 0 Å². The number of ether oxygens (including phenoxy) is 1. The molecular weight excluding hydrogens is 586 g/mol. The predicted octanol–water partition coefficient (Wildman–Crippen LogP) is 11.6. The van der Waals surface area contributed by atoms with Crippen molar-refractivity contribution in [2.75, 3.05) is 0 Å². The van der Waals surface area contributed by atoms with Gasteiger partial charge in [-0.1, -0.05) is 67.1 Å². The molecule has 0 aromatic heterocycles. The molecule has 8 heteroatoms. The Kier molecular flexibility index (Phi) is 9.21. The summed E-state index contributed by atoms with van der Waals surface area (Å²) in [4.78, 5) is 0. The summed E-state index contributed by atoms with van der Waals surface area (Å²) in [7, 11) is 0. The van der Waals surface area contributed by atoms with Crippen molar-refractivity contribution in [2.45, 2.75) is 51.1 Å². The Morgan fingerprint density at radius 1 is 0.744 bits per heavy atom. The monoisotopic (exact) mass is 614 g/mol. The van der Waals surface area contributed by atoms with Gasteiger partial charge < -0.3 is 4.74 Å². The van der Waals surface area contributed by atoms with Gasteiger partial charge in [0.2, 0.25) is 0 Å². The SMILES string of the molecule is CCC=CC1CCC(c2ccc(-c3ccc(-c4cc(F)c(C(F)(F)Oc5ccc(Cl)c(F)c5)c(F)c4)c(F)c3)cc2)CC1. The van der Waals surface area contributed by atoms with Crippen LogP contribution in [0.2, 0.25) is 5.02 Å². The summed E-state index contributed by atoms with van der Waals surface area (Å²) in [5, 5.41) is -0.337. The third kappa shape index (κ3) is 6.93. The third-order valence-corrected chi connectivity index (χ3v) is 8.19. The first-order valence-electron chi connectivity index (χ1n) is 14.1. The number of allylic oxidation sites excluding steroid dienone is 2. The number of rotatable bonds is 8. The number of hydrogen-bond acceptors (Lipinski definition) is 1. The molecule has 4 aromatic rings. The van der Waals surface area contributed by atoms with Crippen LogP contribution in [0.25, 0.3) is 22.3 Å². The van der Waals surface area contributed by atoms with Gasteiger partial charge in [-0.3, -0.25) is 0 Å². The van der Waals surface area contributed by atoms with E-state index in [1.54, 1.807) is 6.07 Å². The van der Waals surface area contributed by atoms with Gasteiger partial charge in [0.1, 0.15) is 34.6 Å². The lowest BCUT2D eigenvalue weighted by atomic mass is 9.78. The number of halogens is 7. The Labute approximate surface area is 251 Å². The van der Waals surface area contributed by atoms with Crippen LogP contribution in [0.15, 0.2) is 84.9 Å². The van der Waals surface area contributed by atoms with Gasteiger partial charge in [-0.25, -0.2) is 17.6 Å². The summed E-state index contributed by atoms with van der Waals surface area (Å²) in [6.07, 6.45) is 5.66. The quantitative estimate of drug-likeness (QED) is 0.142. The van der Waals surface area contributed by atoms with Crippen LogP contribution < -0.4 is 4.74 Å². The van der Waals surface area contributed by atoms with E-state index in [1.165, 1.54) is 17.7 Å². The molecule has 4 aromatic carbocycles. The van der Waals surface area contributed by atoms with E-state index < -0.39 is 40.7 Å². The standard InChI is InChI=1S/C35H29ClF6O/c1-2-3-4-21-5-7-22(8-6-21)23-9-11-24(12-10-23)25-13-15-28(30(37)17-25)26-18-32(39)34(33(40)19-26)35(41,42)43-27-14-16-29(36)31(38)20-27/h3-4,9-22H,2,5-8H2,1H3. The lowest BCUT2D eigenvalue weighted by Gasteiger charge is -2.27. The summed E-state index contributed by atoms with van der Waals surface area (Å²) in [6, 6.07) is 15.9. The first kappa shape index (κ1) is 30.7. The summed E-state index contributed by atoms with van der Waals surface area (Å²) in [5.41, 5.74) is 0.464. The molecule has 1 aliphatic rings. The minimum Gasteiger partial charge on any atom is -0.429 e. The van der Waals surface area contributed by atoms with Crippen molar-refractivity contribution >= 4 is 11.6 Å². The molecule has 0 N–H and O–H groups in total. The molecule has 1 nitrogen and oxygen atoms in total. The first-order chi connectivity index (χ1) is 20.6. The molecule has 43 heavy (non-hydrogen) atoms. The molecule has 0 heterocycles. The zero-order chi connectivity index (χ0) is 30.7. The van der Waals surface area contributed by atoms with E-state index in [4.69, 9.17) is 11.6 Å². The van der Waals surface area contributed by atoms with Gasteiger partial charge in [0.25, 0.3) is 0 Å². The number of benzene rings is 4. The van der Waals surface area contributed by atoms with Crippen LogP contribution in [-0.2, 0) is 6.11 Å². The zero-order valence-corrected chi connectivity index (χ0v) is 24.1. The van der Waals surface area contributed by atoms with Crippen LogP contribution in [0, 0.1) is 29.2 Å². The van der Waals surface area contributed by atoms with Crippen LogP contribution >= 0.6 is 11.6 Å². The van der Waals surface area contributed by atoms with Crippen LogP contribution in [0.1, 0.15) is 56.1 Å². The molecule has 1 aliphatic carbocycles. The highest BCUT2D eigenvalue weighted by molar-refractivity contribution is 6.30. The minimum absolute atomic E-state index is 0.164. The molecule has 0 bridgehead atoms. The number of alkyl halides is 2. The first-order valence-corrected chi connectivity index (χ1v) is 14.5. The van der Waals surface area contributed by atoms with Gasteiger partial charge in [-0.15, -0.1) is 0 Å². The molecule has 1 saturated carbocycles. The van der Waals surface area contributed by atoms with Crippen molar-refractivity contribution in [1.82, 2.24) is 0 Å². The Morgan fingerprint density at radius 2 is 1.37 bits per heavy atom. The average molecular weight is 615 g/mol. The highest BCUT2D eigenvalue weighted by atomic mass is 35.5. The van der Waals surface area contributed by atoms with Crippen molar-refractivity contribution in [1.29, 1.82) is 0 Å². The van der Waals surface area contributed by atoms with Crippen LogP contribution in [0.5, 0.6) is 5.75 Å². The maximum Gasteiger partial charge on any atom is 0.432 e. The molecule has 5 rings (SSSR count). The zero-order valence-electron chi connectivity index (χ0n) is 23.3. The van der Waals surface area contributed by atoms with E-state index in [0.717, 1.165) is 49.8 Å². The fraction of sp³-hybridized carbons (Fsp3) is 0.257. The summed E-state index contributed by atoms with van der Waals surface area (Å²) >= 11 is 5.53. The molecule has 0 radical (unpaired) electrons. The maximum atomic E-state index is 15.2. The van der Waals surface area contributed by atoms with Crippen molar-refractivity contribution in [3.8, 4) is 28.0 Å². The second-order valence-corrected chi connectivity index (χ2v) is 11.2. The Morgan fingerprint density at radius 3 is 1.98 bits per heavy atom. The maximum absolute atomic E-state index is 15.2. The van der Waals surface area contributed by atoms with E-state index in [9.17, 15) is 22.0 Å². The normalized spacial score (nSPS) is 17.4. The summed E-state index contributed by atoms with van der Waals surface area (Å²) < 4.78 is 92.4. The Bertz CT molecular complexity index is 1600. The van der Waals surface area contributed by atoms with Crippen LogP contribution in [0.4, 0.5) is 26.3 Å². The van der Waals surface area contributed by atoms with Crippen molar-refractivity contribution in [2.24, 2.45) is 5.92 Å². The van der Waals surface area contributed by atoms with E-state index in [2.05, 4.69) is 35.9 Å². The van der Waals surface area contributed by atoms with Crippen LogP contribution in [0.3, 0.4) is 0 Å².